The predicted octanol–water partition coefficient (Wildman–Crippen LogP) is 3.06. The van der Waals surface area contributed by atoms with Gasteiger partial charge in [0.05, 0.1) is 28.4 Å². The number of aromatic nitrogens is 2. The molecule has 1 aliphatic rings. The number of anilines is 1. The van der Waals surface area contributed by atoms with Crippen LogP contribution in [0.4, 0.5) is 5.69 Å². The molecule has 1 aromatic heterocycles. The molecule has 1 amide bonds. The lowest BCUT2D eigenvalue weighted by Crippen LogP contribution is -2.21. The third kappa shape index (κ3) is 2.91. The average Bonchev–Trinajstić information content (AvgIpc) is 3.14. The average molecular weight is 357 g/mol. The Morgan fingerprint density at radius 1 is 0.926 bits per heavy atom. The summed E-state index contributed by atoms with van der Waals surface area (Å²) in [5, 5.41) is 22.9. The number of hydrogen-bond acceptors (Lipinski definition) is 4. The van der Waals surface area contributed by atoms with Crippen molar-refractivity contribution < 1.29 is 9.90 Å². The highest BCUT2D eigenvalue weighted by molar-refractivity contribution is 6.32. The maximum atomic E-state index is 12.8. The van der Waals surface area contributed by atoms with Crippen LogP contribution >= 0.6 is 0 Å². The van der Waals surface area contributed by atoms with Crippen LogP contribution in [0.2, 0.25) is 0 Å². The van der Waals surface area contributed by atoms with Gasteiger partial charge in [-0.25, -0.2) is 4.68 Å². The lowest BCUT2D eigenvalue weighted by atomic mass is 10.1. The van der Waals surface area contributed by atoms with Crippen molar-refractivity contribution in [2.75, 3.05) is 5.01 Å². The molecule has 6 nitrogen and oxygen atoms in total. The summed E-state index contributed by atoms with van der Waals surface area (Å²) in [6.45, 7) is 3.52. The van der Waals surface area contributed by atoms with Crippen molar-refractivity contribution in [3.05, 3.63) is 77.5 Å². The number of aryl methyl sites for hydroxylation is 1. The summed E-state index contributed by atoms with van der Waals surface area (Å²) in [6.07, 6.45) is 1.59. The normalized spacial score (nSPS) is 15.5. The van der Waals surface area contributed by atoms with Crippen LogP contribution < -0.4 is 10.1 Å². The van der Waals surface area contributed by atoms with Gasteiger partial charge in [-0.2, -0.15) is 15.2 Å². The first-order valence-corrected chi connectivity index (χ1v) is 8.55. The van der Waals surface area contributed by atoms with Gasteiger partial charge < -0.3 is 5.11 Å². The molecule has 4 rings (SSSR count). The number of rotatable bonds is 3. The Hall–Kier alpha value is -3.67. The van der Waals surface area contributed by atoms with Crippen LogP contribution in [0.3, 0.4) is 0 Å². The smallest absolute Gasteiger partial charge is 0.280 e. The van der Waals surface area contributed by atoms with Gasteiger partial charge in [0.1, 0.15) is 0 Å². The molecule has 0 saturated heterocycles. The molecule has 0 unspecified atom stereocenters. The summed E-state index contributed by atoms with van der Waals surface area (Å²) in [4.78, 5) is 12.8. The van der Waals surface area contributed by atoms with Gasteiger partial charge in [-0.05, 0) is 50.1 Å². The predicted molar refractivity (Wildman–Crippen MR) is 103 cm³/mol. The first-order valence-electron chi connectivity index (χ1n) is 8.55. The van der Waals surface area contributed by atoms with E-state index in [0.29, 0.717) is 33.9 Å². The largest absolute Gasteiger partial charge is 0.858 e. The topological polar surface area (TPSA) is 73.5 Å². The molecule has 1 aliphatic heterocycles. The second-order valence-electron chi connectivity index (χ2n) is 6.25. The highest BCUT2D eigenvalue weighted by Gasteiger charge is 2.29. The molecule has 0 bridgehead atoms. The number of hydrogen-bond donors (Lipinski definition) is 0. The second-order valence-corrected chi connectivity index (χ2v) is 6.25. The number of hydrazone groups is 1. The fourth-order valence-electron chi connectivity index (χ4n) is 3.00. The Balaban J connectivity index is 1.74. The Labute approximate surface area is 156 Å². The summed E-state index contributed by atoms with van der Waals surface area (Å²) in [5.41, 5.74) is 3.29. The number of nitrogens with zero attached hydrogens (tertiary/aromatic N) is 4. The van der Waals surface area contributed by atoms with Gasteiger partial charge >= 0.3 is 0 Å². The fourth-order valence-corrected chi connectivity index (χ4v) is 3.00. The van der Waals surface area contributed by atoms with Gasteiger partial charge in [0.15, 0.2) is 0 Å². The number of carbonyl (C=O) groups excluding carboxylic acids is 1. The Morgan fingerprint density at radius 2 is 1.52 bits per heavy atom. The van der Waals surface area contributed by atoms with Crippen LogP contribution in [0.25, 0.3) is 11.8 Å². The minimum atomic E-state index is -0.259. The summed E-state index contributed by atoms with van der Waals surface area (Å²) >= 11 is 0. The monoisotopic (exact) mass is 357 g/mol. The number of carbonyl (C=O) groups is 1. The molecule has 0 N–H and O–H groups in total. The van der Waals surface area contributed by atoms with Crippen molar-refractivity contribution in [2.45, 2.75) is 13.8 Å². The zero-order valence-electron chi connectivity index (χ0n) is 15.0. The molecule has 6 heteroatoms. The minimum Gasteiger partial charge on any atom is -0.858 e. The van der Waals surface area contributed by atoms with Gasteiger partial charge in [0.25, 0.3) is 5.91 Å². The molecule has 0 saturated carbocycles. The van der Waals surface area contributed by atoms with Crippen LogP contribution in [0.5, 0.6) is 5.88 Å². The molecule has 0 fully saturated rings. The molecule has 134 valence electrons. The molecule has 3 aromatic rings. The third-order valence-corrected chi connectivity index (χ3v) is 4.42. The zero-order chi connectivity index (χ0) is 19.0. The molecular weight excluding hydrogens is 340 g/mol. The number of benzene rings is 2. The second kappa shape index (κ2) is 6.57. The first-order chi connectivity index (χ1) is 13.1. The van der Waals surface area contributed by atoms with E-state index in [9.17, 15) is 9.90 Å². The fraction of sp³-hybridized carbons (Fsp3) is 0.0952. The molecule has 0 radical (unpaired) electrons. The van der Waals surface area contributed by atoms with Crippen molar-refractivity contribution in [3.63, 3.8) is 0 Å². The molecule has 0 spiro atoms. The van der Waals surface area contributed by atoms with E-state index in [1.54, 1.807) is 19.9 Å². The SMILES string of the molecule is CC1=NN(c2ccccc2)C(=O)/C1=C/c1c(C)nn(-c2ccccc2)c1[O-]. The van der Waals surface area contributed by atoms with Gasteiger partial charge in [0.2, 0.25) is 0 Å². The zero-order valence-corrected chi connectivity index (χ0v) is 15.0. The van der Waals surface area contributed by atoms with Gasteiger partial charge in [-0.3, -0.25) is 4.79 Å². The lowest BCUT2D eigenvalue weighted by Gasteiger charge is -2.12. The molecular formula is C21H17N4O2-. The summed E-state index contributed by atoms with van der Waals surface area (Å²) < 4.78 is 1.35. The molecule has 2 aromatic carbocycles. The van der Waals surface area contributed by atoms with Crippen molar-refractivity contribution in [3.8, 4) is 11.6 Å². The lowest BCUT2D eigenvalue weighted by molar-refractivity contribution is -0.278. The third-order valence-electron chi connectivity index (χ3n) is 4.42. The van der Waals surface area contributed by atoms with Crippen LogP contribution in [0, 0.1) is 6.92 Å². The van der Waals surface area contributed by atoms with E-state index in [2.05, 4.69) is 10.2 Å². The standard InChI is InChI=1S/C21H18N4O2/c1-14-18(20(26)24(22-14)16-9-5-3-6-10-16)13-19-15(2)23-25(21(19)27)17-11-7-4-8-12-17/h3-13,26H,1-2H3/p-1/b19-13+. The molecule has 2 heterocycles. The maximum absolute atomic E-state index is 12.8. The molecule has 0 atom stereocenters. The number of para-hydroxylation sites is 2. The Kier molecular flexibility index (Phi) is 4.08. The maximum Gasteiger partial charge on any atom is 0.280 e. The van der Waals surface area contributed by atoms with E-state index >= 15 is 0 Å². The van der Waals surface area contributed by atoms with E-state index in [1.165, 1.54) is 9.69 Å². The van der Waals surface area contributed by atoms with Crippen LogP contribution in [-0.4, -0.2) is 21.4 Å². The van der Waals surface area contributed by atoms with Crippen molar-refractivity contribution in [1.82, 2.24) is 9.78 Å². The van der Waals surface area contributed by atoms with Crippen molar-refractivity contribution >= 4 is 23.4 Å². The number of amides is 1. The molecule has 27 heavy (non-hydrogen) atoms. The van der Waals surface area contributed by atoms with Gasteiger partial charge in [-0.15, -0.1) is 0 Å². The Bertz CT molecular complexity index is 1070. The van der Waals surface area contributed by atoms with Gasteiger partial charge in [-0.1, -0.05) is 36.4 Å². The van der Waals surface area contributed by atoms with E-state index < -0.39 is 0 Å². The van der Waals surface area contributed by atoms with Gasteiger partial charge in [0, 0.05) is 5.56 Å². The minimum absolute atomic E-state index is 0.259. The van der Waals surface area contributed by atoms with Crippen LogP contribution in [0.15, 0.2) is 71.3 Å². The van der Waals surface area contributed by atoms with Crippen molar-refractivity contribution in [1.29, 1.82) is 0 Å². The van der Waals surface area contributed by atoms with E-state index in [4.69, 9.17) is 0 Å². The van der Waals surface area contributed by atoms with E-state index in [-0.39, 0.29) is 11.8 Å². The van der Waals surface area contributed by atoms with E-state index in [0.717, 1.165) is 0 Å². The summed E-state index contributed by atoms with van der Waals surface area (Å²) in [5.74, 6) is -0.519. The van der Waals surface area contributed by atoms with E-state index in [1.807, 2.05) is 60.7 Å². The summed E-state index contributed by atoms with van der Waals surface area (Å²) in [7, 11) is 0. The Morgan fingerprint density at radius 3 is 2.15 bits per heavy atom. The van der Waals surface area contributed by atoms with Crippen LogP contribution in [-0.2, 0) is 4.79 Å². The van der Waals surface area contributed by atoms with Crippen LogP contribution in [0.1, 0.15) is 18.2 Å². The van der Waals surface area contributed by atoms with Crippen molar-refractivity contribution in [2.24, 2.45) is 5.10 Å². The highest BCUT2D eigenvalue weighted by Crippen LogP contribution is 2.29. The first kappa shape index (κ1) is 16.8. The quantitative estimate of drug-likeness (QED) is 0.676. The molecule has 0 aliphatic carbocycles. The highest BCUT2D eigenvalue weighted by atomic mass is 16.3. The summed E-state index contributed by atoms with van der Waals surface area (Å²) in [6, 6.07) is 18.4.